The zero-order valence-electron chi connectivity index (χ0n) is 18.1. The van der Waals surface area contributed by atoms with Gasteiger partial charge in [0.15, 0.2) is 0 Å². The topological polar surface area (TPSA) is 210 Å². The Balaban J connectivity index is 1.62. The van der Waals surface area contributed by atoms with E-state index in [1.807, 2.05) is 0 Å². The number of hydrogen-bond acceptors (Lipinski definition) is 9. The summed E-state index contributed by atoms with van der Waals surface area (Å²) in [5.41, 5.74) is 5.60. The number of nitrogen functional groups attached to an aromatic ring is 1. The van der Waals surface area contributed by atoms with E-state index in [-0.39, 0.29) is 36.8 Å². The van der Waals surface area contributed by atoms with Crippen LogP contribution < -0.4 is 22.1 Å². The molecule has 0 aliphatic carbocycles. The van der Waals surface area contributed by atoms with Crippen LogP contribution in [0.4, 0.5) is 11.6 Å². The van der Waals surface area contributed by atoms with E-state index in [0.717, 1.165) is 0 Å². The lowest BCUT2D eigenvalue weighted by Crippen LogP contribution is -2.52. The molecule has 6 N–H and O–H groups in total. The largest absolute Gasteiger partial charge is 0.481 e. The molecule has 2 amide bonds. The Hall–Kier alpha value is -4.49. The van der Waals surface area contributed by atoms with Crippen LogP contribution >= 0.6 is 0 Å². The third-order valence-electron chi connectivity index (χ3n) is 5.31. The van der Waals surface area contributed by atoms with Gasteiger partial charge in [-0.1, -0.05) is 0 Å². The molecule has 0 bridgehead atoms. The molecule has 2 atom stereocenters. The van der Waals surface area contributed by atoms with Crippen LogP contribution in [0.1, 0.15) is 33.8 Å². The average molecular weight is 473 g/mol. The van der Waals surface area contributed by atoms with E-state index in [1.165, 1.54) is 21.6 Å². The fourth-order valence-electron chi connectivity index (χ4n) is 3.37. The van der Waals surface area contributed by atoms with E-state index in [1.54, 1.807) is 19.2 Å². The van der Waals surface area contributed by atoms with Gasteiger partial charge in [0.05, 0.1) is 12.6 Å². The molecule has 34 heavy (non-hydrogen) atoms. The summed E-state index contributed by atoms with van der Waals surface area (Å²) >= 11 is 0. The Morgan fingerprint density at radius 3 is 2.47 bits per heavy atom. The van der Waals surface area contributed by atoms with Gasteiger partial charge in [-0.3, -0.25) is 19.0 Å². The molecule has 0 saturated heterocycles. The van der Waals surface area contributed by atoms with Crippen LogP contribution in [0.2, 0.25) is 0 Å². The molecule has 2 heterocycles. The molecule has 0 fully saturated rings. The number of rotatable bonds is 9. The van der Waals surface area contributed by atoms with Crippen LogP contribution in [0.5, 0.6) is 0 Å². The predicted molar refractivity (Wildman–Crippen MR) is 117 cm³/mol. The van der Waals surface area contributed by atoms with Gasteiger partial charge in [-0.15, -0.1) is 0 Å². The van der Waals surface area contributed by atoms with Gasteiger partial charge in [-0.05, 0) is 30.7 Å². The predicted octanol–water partition coefficient (Wildman–Crippen LogP) is -1.17. The third-order valence-corrected chi connectivity index (χ3v) is 5.31. The second-order valence-corrected chi connectivity index (χ2v) is 7.62. The number of anilines is 2. The number of nitrogens with two attached hydrogens (primary N) is 1. The number of aromatic nitrogens is 3. The highest BCUT2D eigenvalue weighted by Crippen LogP contribution is 2.15. The van der Waals surface area contributed by atoms with Crippen LogP contribution in [-0.4, -0.2) is 79.1 Å². The number of nitrogens with zero attached hydrogens (tertiary/aromatic N) is 4. The van der Waals surface area contributed by atoms with Crippen molar-refractivity contribution in [2.45, 2.75) is 31.5 Å². The zero-order chi connectivity index (χ0) is 25.0. The van der Waals surface area contributed by atoms with Crippen LogP contribution in [0, 0.1) is 0 Å². The van der Waals surface area contributed by atoms with Gasteiger partial charge in [0.2, 0.25) is 11.8 Å². The SMILES string of the molecule is CN1C(=O)c2nc(N)nc(=O)n2CC1CNc1ccc(C(=O)N[C@@H](CCC(=O)O)C(=O)O)cc1. The number of fused-ring (bicyclic) bond motifs is 1. The second-order valence-electron chi connectivity index (χ2n) is 7.62. The summed E-state index contributed by atoms with van der Waals surface area (Å²) in [6, 6.07) is 4.41. The van der Waals surface area contributed by atoms with E-state index in [9.17, 15) is 29.1 Å². The summed E-state index contributed by atoms with van der Waals surface area (Å²) in [5, 5.41) is 23.3. The van der Waals surface area contributed by atoms with Crippen molar-refractivity contribution in [1.29, 1.82) is 0 Å². The maximum absolute atomic E-state index is 12.6. The molecular weight excluding hydrogens is 450 g/mol. The molecule has 3 rings (SSSR count). The molecular formula is C20H23N7O7. The Bertz CT molecular complexity index is 1180. The fraction of sp³-hybridized carbons (Fsp3) is 0.350. The average Bonchev–Trinajstić information content (AvgIpc) is 2.78. The maximum Gasteiger partial charge on any atom is 0.352 e. The Labute approximate surface area is 192 Å². The third kappa shape index (κ3) is 5.46. The van der Waals surface area contributed by atoms with Crippen molar-refractivity contribution in [1.82, 2.24) is 24.8 Å². The summed E-state index contributed by atoms with van der Waals surface area (Å²) in [6.07, 6.45) is -0.637. The smallest absolute Gasteiger partial charge is 0.352 e. The zero-order valence-corrected chi connectivity index (χ0v) is 18.1. The maximum atomic E-state index is 12.6. The van der Waals surface area contributed by atoms with Crippen molar-refractivity contribution >= 4 is 35.4 Å². The normalized spacial score (nSPS) is 15.9. The van der Waals surface area contributed by atoms with Gasteiger partial charge in [-0.25, -0.2) is 9.59 Å². The molecule has 1 aromatic carbocycles. The second kappa shape index (κ2) is 9.97. The van der Waals surface area contributed by atoms with Crippen LogP contribution in [0.15, 0.2) is 29.1 Å². The van der Waals surface area contributed by atoms with Gasteiger partial charge in [-0.2, -0.15) is 9.97 Å². The number of likely N-dealkylation sites (N-methyl/N-ethyl adjacent to an activating group) is 1. The Morgan fingerprint density at radius 1 is 1.18 bits per heavy atom. The van der Waals surface area contributed by atoms with Crippen LogP contribution in [0.25, 0.3) is 0 Å². The van der Waals surface area contributed by atoms with Crippen molar-refractivity contribution < 1.29 is 29.4 Å². The van der Waals surface area contributed by atoms with Crippen molar-refractivity contribution in [2.24, 2.45) is 0 Å². The number of carboxylic acid groups (broad SMARTS) is 2. The highest BCUT2D eigenvalue weighted by molar-refractivity contribution is 5.97. The Kier molecular flexibility index (Phi) is 7.09. The van der Waals surface area contributed by atoms with E-state index in [0.29, 0.717) is 5.69 Å². The minimum Gasteiger partial charge on any atom is -0.481 e. The number of carboxylic acids is 2. The monoisotopic (exact) mass is 473 g/mol. The molecule has 1 aliphatic heterocycles. The number of nitrogens with one attached hydrogen (secondary N) is 2. The lowest BCUT2D eigenvalue weighted by atomic mass is 10.1. The summed E-state index contributed by atoms with van der Waals surface area (Å²) < 4.78 is 1.17. The van der Waals surface area contributed by atoms with Gasteiger partial charge >= 0.3 is 17.6 Å². The first-order valence-corrected chi connectivity index (χ1v) is 10.2. The van der Waals surface area contributed by atoms with Crippen molar-refractivity contribution in [3.63, 3.8) is 0 Å². The quantitative estimate of drug-likeness (QED) is 0.293. The number of benzene rings is 1. The van der Waals surface area contributed by atoms with E-state index in [2.05, 4.69) is 20.6 Å². The summed E-state index contributed by atoms with van der Waals surface area (Å²) in [6.45, 7) is 0.442. The first kappa shape index (κ1) is 24.2. The number of hydrogen-bond donors (Lipinski definition) is 5. The van der Waals surface area contributed by atoms with Crippen molar-refractivity contribution in [3.05, 3.63) is 46.1 Å². The number of carbonyl (C=O) groups excluding carboxylic acids is 2. The molecule has 2 aromatic rings. The first-order valence-electron chi connectivity index (χ1n) is 10.2. The molecule has 1 aromatic heterocycles. The van der Waals surface area contributed by atoms with Crippen molar-refractivity contribution in [2.75, 3.05) is 24.6 Å². The highest BCUT2D eigenvalue weighted by Gasteiger charge is 2.32. The van der Waals surface area contributed by atoms with Crippen LogP contribution in [-0.2, 0) is 16.1 Å². The molecule has 180 valence electrons. The van der Waals surface area contributed by atoms with E-state index >= 15 is 0 Å². The summed E-state index contributed by atoms with van der Waals surface area (Å²) in [7, 11) is 1.58. The highest BCUT2D eigenvalue weighted by atomic mass is 16.4. The minimum absolute atomic E-state index is 0.0744. The van der Waals surface area contributed by atoms with Gasteiger partial charge in [0, 0.05) is 31.3 Å². The lowest BCUT2D eigenvalue weighted by molar-refractivity contribution is -0.140. The molecule has 1 unspecified atom stereocenters. The number of carbonyl (C=O) groups is 4. The molecule has 0 saturated carbocycles. The molecule has 1 aliphatic rings. The molecule has 14 nitrogen and oxygen atoms in total. The number of aliphatic carboxylic acids is 2. The van der Waals surface area contributed by atoms with Gasteiger partial charge < -0.3 is 31.5 Å². The van der Waals surface area contributed by atoms with Crippen LogP contribution in [0.3, 0.4) is 0 Å². The molecule has 0 radical (unpaired) electrons. The van der Waals surface area contributed by atoms with Gasteiger partial charge in [0.25, 0.3) is 11.8 Å². The lowest BCUT2D eigenvalue weighted by Gasteiger charge is -2.33. The fourth-order valence-corrected chi connectivity index (χ4v) is 3.37. The molecule has 14 heteroatoms. The van der Waals surface area contributed by atoms with Crippen molar-refractivity contribution in [3.8, 4) is 0 Å². The summed E-state index contributed by atoms with van der Waals surface area (Å²) in [5.74, 6) is -3.95. The summed E-state index contributed by atoms with van der Waals surface area (Å²) in [4.78, 5) is 67.7. The van der Waals surface area contributed by atoms with Gasteiger partial charge in [0.1, 0.15) is 6.04 Å². The number of amides is 2. The standard InChI is InChI=1S/C20H23N7O7/c1-26-12(9-27-15(17(26)31)24-19(21)25-20(27)34)8-22-11-4-2-10(3-5-11)16(30)23-13(18(32)33)6-7-14(28)29/h2-5,12-13,22H,6-9H2,1H3,(H,23,30)(H,28,29)(H,32,33)(H2,21,25,34)/t12?,13-/m0/s1. The van der Waals surface area contributed by atoms with E-state index in [4.69, 9.17) is 10.8 Å². The minimum atomic E-state index is -1.33. The molecule has 0 spiro atoms. The Morgan fingerprint density at radius 2 is 1.85 bits per heavy atom. The van der Waals surface area contributed by atoms with E-state index < -0.39 is 47.9 Å². The first-order chi connectivity index (χ1) is 16.1.